The van der Waals surface area contributed by atoms with E-state index in [9.17, 15) is 5.11 Å². The lowest BCUT2D eigenvalue weighted by Gasteiger charge is -2.04. The Morgan fingerprint density at radius 1 is 1.35 bits per heavy atom. The van der Waals surface area contributed by atoms with E-state index in [-0.39, 0.29) is 16.2 Å². The Labute approximate surface area is 115 Å². The summed E-state index contributed by atoms with van der Waals surface area (Å²) in [6, 6.07) is 4.83. The third-order valence-electron chi connectivity index (χ3n) is 2.56. The summed E-state index contributed by atoms with van der Waals surface area (Å²) in [6.45, 7) is 0. The number of aromatic hydroxyl groups is 1. The van der Waals surface area contributed by atoms with Crippen molar-refractivity contribution >= 4 is 28.7 Å². The third-order valence-corrected chi connectivity index (χ3v) is 3.19. The van der Waals surface area contributed by atoms with Crippen molar-refractivity contribution in [2.24, 2.45) is 0 Å². The lowest BCUT2D eigenvalue weighted by atomic mass is 10.3. The minimum Gasteiger partial charge on any atom is -0.507 e. The number of nitrogens with zero attached hydrogens (tertiary/aromatic N) is 5. The molecule has 0 saturated heterocycles. The zero-order chi connectivity index (χ0) is 14.1. The molecule has 2 aromatic heterocycles. The van der Waals surface area contributed by atoms with Crippen molar-refractivity contribution in [1.82, 2.24) is 19.8 Å². The van der Waals surface area contributed by atoms with Crippen LogP contribution in [0.5, 0.6) is 5.75 Å². The lowest BCUT2D eigenvalue weighted by Crippen LogP contribution is -1.97. The topological polar surface area (TPSA) is 126 Å². The summed E-state index contributed by atoms with van der Waals surface area (Å²) < 4.78 is 5.66. The molecule has 0 saturated carbocycles. The monoisotopic (exact) mass is 291 g/mol. The Balaban J connectivity index is 2.23. The van der Waals surface area contributed by atoms with Gasteiger partial charge in [-0.1, -0.05) is 5.04 Å². The van der Waals surface area contributed by atoms with Gasteiger partial charge in [-0.3, -0.25) is 0 Å². The van der Waals surface area contributed by atoms with Crippen molar-refractivity contribution in [2.75, 3.05) is 0 Å². The number of benzene rings is 1. The van der Waals surface area contributed by atoms with E-state index in [2.05, 4.69) is 24.7 Å². The molecule has 2 heterocycles. The molecule has 3 aromatic rings. The van der Waals surface area contributed by atoms with Crippen molar-refractivity contribution in [3.05, 3.63) is 23.9 Å². The minimum absolute atomic E-state index is 0.122. The maximum absolute atomic E-state index is 9.87. The van der Waals surface area contributed by atoms with Crippen molar-refractivity contribution < 1.29 is 19.7 Å². The quantitative estimate of drug-likeness (QED) is 0.417. The molecule has 0 spiro atoms. The van der Waals surface area contributed by atoms with Crippen LogP contribution in [-0.4, -0.2) is 30.2 Å². The summed E-state index contributed by atoms with van der Waals surface area (Å²) in [5.74, 6) is -0.122. The van der Waals surface area contributed by atoms with Crippen LogP contribution in [0.2, 0.25) is 0 Å². The molecular formula is C10H5N5O4S. The van der Waals surface area contributed by atoms with Crippen LogP contribution in [0.4, 0.5) is 0 Å². The highest BCUT2D eigenvalue weighted by Gasteiger charge is 2.13. The van der Waals surface area contributed by atoms with Gasteiger partial charge in [-0.25, -0.2) is 9.77 Å². The first kappa shape index (κ1) is 12.6. The molecule has 0 bridgehead atoms. The largest absolute Gasteiger partial charge is 0.507 e. The van der Waals surface area contributed by atoms with E-state index in [1.807, 2.05) is 6.07 Å². The Morgan fingerprint density at radius 3 is 2.95 bits per heavy atom. The van der Waals surface area contributed by atoms with Gasteiger partial charge in [-0.15, -0.1) is 14.5 Å². The van der Waals surface area contributed by atoms with Crippen LogP contribution >= 0.6 is 12.0 Å². The second-order valence-corrected chi connectivity index (χ2v) is 4.38. The average Bonchev–Trinajstić information content (AvgIpc) is 2.88. The number of phenolic OH excluding ortho intramolecular Hbond substituents is 1. The Morgan fingerprint density at radius 2 is 2.20 bits per heavy atom. The summed E-state index contributed by atoms with van der Waals surface area (Å²) in [5, 5.41) is 42.2. The van der Waals surface area contributed by atoms with Gasteiger partial charge in [0.15, 0.2) is 5.65 Å². The normalized spacial score (nSPS) is 11.0. The number of nitriles is 1. The smallest absolute Gasteiger partial charge is 0.195 e. The van der Waals surface area contributed by atoms with Crippen LogP contribution in [0, 0.1) is 11.3 Å². The van der Waals surface area contributed by atoms with E-state index in [0.717, 1.165) is 0 Å². The zero-order valence-electron chi connectivity index (χ0n) is 9.59. The Bertz CT molecular complexity index is 843. The summed E-state index contributed by atoms with van der Waals surface area (Å²) in [7, 11) is 0. The van der Waals surface area contributed by atoms with Gasteiger partial charge in [0.2, 0.25) is 0 Å². The van der Waals surface area contributed by atoms with Gasteiger partial charge in [0, 0.05) is 6.07 Å². The fourth-order valence-corrected chi connectivity index (χ4v) is 2.12. The summed E-state index contributed by atoms with van der Waals surface area (Å²) in [6.07, 6.45) is 1.37. The van der Waals surface area contributed by atoms with Gasteiger partial charge in [-0.05, 0) is 6.07 Å². The number of fused-ring (bicyclic) bond motifs is 3. The second-order valence-electron chi connectivity index (χ2n) is 3.64. The standard InChI is InChI=1S/C10H5N5O4S/c11-3-5-4-12-15-7-2-8(16)9(20-19-18-17)1-6(7)13-14-10(5)15/h1-2,4,16-17H. The molecular weight excluding hydrogens is 286 g/mol. The summed E-state index contributed by atoms with van der Waals surface area (Å²) in [5.41, 5.74) is 1.49. The average molecular weight is 291 g/mol. The van der Waals surface area contributed by atoms with E-state index in [1.54, 1.807) is 0 Å². The van der Waals surface area contributed by atoms with Crippen molar-refractivity contribution in [3.63, 3.8) is 0 Å². The van der Waals surface area contributed by atoms with Crippen molar-refractivity contribution in [1.29, 1.82) is 5.26 Å². The summed E-state index contributed by atoms with van der Waals surface area (Å²) in [4.78, 5) is 0.271. The molecule has 0 atom stereocenters. The predicted molar refractivity (Wildman–Crippen MR) is 65.3 cm³/mol. The van der Waals surface area contributed by atoms with E-state index in [0.29, 0.717) is 28.7 Å². The highest BCUT2D eigenvalue weighted by Crippen LogP contribution is 2.32. The highest BCUT2D eigenvalue weighted by molar-refractivity contribution is 7.94. The lowest BCUT2D eigenvalue weighted by molar-refractivity contribution is -0.432. The highest BCUT2D eigenvalue weighted by atomic mass is 32.2. The van der Waals surface area contributed by atoms with Gasteiger partial charge >= 0.3 is 0 Å². The molecule has 0 unspecified atom stereocenters. The maximum atomic E-state index is 9.87. The van der Waals surface area contributed by atoms with E-state index in [1.165, 1.54) is 22.8 Å². The second kappa shape index (κ2) is 4.91. The molecule has 0 aliphatic heterocycles. The molecule has 3 rings (SSSR count). The van der Waals surface area contributed by atoms with Crippen LogP contribution in [0.25, 0.3) is 16.7 Å². The zero-order valence-corrected chi connectivity index (χ0v) is 10.4. The molecule has 2 N–H and O–H groups in total. The van der Waals surface area contributed by atoms with E-state index in [4.69, 9.17) is 10.5 Å². The molecule has 10 heteroatoms. The minimum atomic E-state index is -0.122. The molecule has 0 aliphatic carbocycles. The number of aromatic nitrogens is 4. The number of rotatable bonds is 3. The molecule has 20 heavy (non-hydrogen) atoms. The number of hydrogen-bond donors (Lipinski definition) is 2. The molecule has 0 amide bonds. The van der Waals surface area contributed by atoms with Crippen LogP contribution in [0.1, 0.15) is 5.56 Å². The van der Waals surface area contributed by atoms with Crippen molar-refractivity contribution in [2.45, 2.75) is 4.90 Å². The predicted octanol–water partition coefficient (Wildman–Crippen LogP) is 1.28. The summed E-state index contributed by atoms with van der Waals surface area (Å²) >= 11 is 0.605. The van der Waals surface area contributed by atoms with Crippen LogP contribution < -0.4 is 0 Å². The van der Waals surface area contributed by atoms with Gasteiger partial charge in [-0.2, -0.15) is 10.4 Å². The SMILES string of the molecule is N#Cc1cnn2c1nnc1cc(SOOO)c(O)cc12. The Hall–Kier alpha value is -2.45. The van der Waals surface area contributed by atoms with Crippen LogP contribution in [-0.2, 0) is 9.37 Å². The number of phenols is 1. The first-order valence-corrected chi connectivity index (χ1v) is 5.90. The van der Waals surface area contributed by atoms with Gasteiger partial charge in [0.25, 0.3) is 0 Å². The molecule has 9 nitrogen and oxygen atoms in total. The Kier molecular flexibility index (Phi) is 3.09. The van der Waals surface area contributed by atoms with Crippen molar-refractivity contribution in [3.8, 4) is 11.8 Å². The van der Waals surface area contributed by atoms with Gasteiger partial charge < -0.3 is 5.11 Å². The molecule has 1 aromatic carbocycles. The van der Waals surface area contributed by atoms with E-state index >= 15 is 0 Å². The van der Waals surface area contributed by atoms with Crippen LogP contribution in [0.15, 0.2) is 23.2 Å². The fourth-order valence-electron chi connectivity index (χ4n) is 1.71. The van der Waals surface area contributed by atoms with Gasteiger partial charge in [0.05, 0.1) is 28.7 Å². The first-order valence-electron chi connectivity index (χ1n) is 5.16. The van der Waals surface area contributed by atoms with Crippen LogP contribution in [0.3, 0.4) is 0 Å². The molecule has 100 valence electrons. The number of hydrogen-bond acceptors (Lipinski definition) is 9. The third kappa shape index (κ3) is 1.91. The maximum Gasteiger partial charge on any atom is 0.195 e. The molecule has 0 fully saturated rings. The van der Waals surface area contributed by atoms with E-state index < -0.39 is 0 Å². The van der Waals surface area contributed by atoms with Gasteiger partial charge in [0.1, 0.15) is 22.9 Å². The molecule has 0 aliphatic rings. The fraction of sp³-hybridized carbons (Fsp3) is 0. The molecule has 0 radical (unpaired) electrons. The first-order chi connectivity index (χ1) is 9.74.